The van der Waals surface area contributed by atoms with Gasteiger partial charge in [0.1, 0.15) is 11.9 Å². The third-order valence-electron chi connectivity index (χ3n) is 4.02. The van der Waals surface area contributed by atoms with E-state index in [9.17, 15) is 14.3 Å². The van der Waals surface area contributed by atoms with Gasteiger partial charge in [0.25, 0.3) is 5.91 Å². The van der Waals surface area contributed by atoms with Gasteiger partial charge in [0.05, 0.1) is 18.8 Å². The predicted octanol–water partition coefficient (Wildman–Crippen LogP) is 1.03. The van der Waals surface area contributed by atoms with Gasteiger partial charge in [-0.15, -0.1) is 0 Å². The standard InChI is InChI=1S/C16H23FN2O3/c1-3-19(4-2)9-14-15(20)13(10-22-14)18-16(21)11-6-5-7-12(17)8-11/h5-8,13-15,20H,3-4,9-10H2,1-2H3,(H,18,21)/t13?,14-,15+/m0/s1. The Morgan fingerprint density at radius 2 is 2.18 bits per heavy atom. The predicted molar refractivity (Wildman–Crippen MR) is 81.2 cm³/mol. The lowest BCUT2D eigenvalue weighted by atomic mass is 10.1. The molecule has 3 atom stereocenters. The number of amides is 1. The molecule has 122 valence electrons. The van der Waals surface area contributed by atoms with Crippen molar-refractivity contribution in [1.29, 1.82) is 0 Å². The van der Waals surface area contributed by atoms with Gasteiger partial charge in [-0.05, 0) is 31.3 Å². The van der Waals surface area contributed by atoms with Crippen LogP contribution in [0.3, 0.4) is 0 Å². The smallest absolute Gasteiger partial charge is 0.251 e. The number of nitrogens with zero attached hydrogens (tertiary/aromatic N) is 1. The molecule has 1 aromatic carbocycles. The molecule has 1 amide bonds. The van der Waals surface area contributed by atoms with E-state index in [1.54, 1.807) is 0 Å². The van der Waals surface area contributed by atoms with Crippen molar-refractivity contribution in [2.24, 2.45) is 0 Å². The van der Waals surface area contributed by atoms with Crippen LogP contribution in [-0.4, -0.2) is 60.4 Å². The Bertz CT molecular complexity index is 508. The largest absolute Gasteiger partial charge is 0.388 e. The summed E-state index contributed by atoms with van der Waals surface area (Å²) >= 11 is 0. The van der Waals surface area contributed by atoms with Gasteiger partial charge in [-0.25, -0.2) is 4.39 Å². The Morgan fingerprint density at radius 3 is 2.82 bits per heavy atom. The minimum absolute atomic E-state index is 0.236. The molecule has 1 saturated heterocycles. The summed E-state index contributed by atoms with van der Waals surface area (Å²) in [7, 11) is 0. The van der Waals surface area contributed by atoms with Crippen molar-refractivity contribution in [2.75, 3.05) is 26.2 Å². The Kier molecular flexibility index (Phi) is 5.88. The molecule has 2 N–H and O–H groups in total. The van der Waals surface area contributed by atoms with Crippen molar-refractivity contribution in [3.05, 3.63) is 35.6 Å². The van der Waals surface area contributed by atoms with Crippen LogP contribution in [0, 0.1) is 5.82 Å². The third-order valence-corrected chi connectivity index (χ3v) is 4.02. The monoisotopic (exact) mass is 310 g/mol. The topological polar surface area (TPSA) is 61.8 Å². The van der Waals surface area contributed by atoms with Crippen molar-refractivity contribution in [2.45, 2.75) is 32.1 Å². The summed E-state index contributed by atoms with van der Waals surface area (Å²) in [5, 5.41) is 13.0. The van der Waals surface area contributed by atoms with Gasteiger partial charge in [-0.1, -0.05) is 19.9 Å². The van der Waals surface area contributed by atoms with Gasteiger partial charge in [0.2, 0.25) is 0 Å². The van der Waals surface area contributed by atoms with E-state index >= 15 is 0 Å². The van der Waals surface area contributed by atoms with Crippen LogP contribution in [0.5, 0.6) is 0 Å². The van der Waals surface area contributed by atoms with E-state index in [1.165, 1.54) is 24.3 Å². The number of hydrogen-bond acceptors (Lipinski definition) is 4. The van der Waals surface area contributed by atoms with Gasteiger partial charge in [0, 0.05) is 12.1 Å². The molecule has 0 aromatic heterocycles. The van der Waals surface area contributed by atoms with Crippen LogP contribution in [0.2, 0.25) is 0 Å². The summed E-state index contributed by atoms with van der Waals surface area (Å²) < 4.78 is 18.7. The summed E-state index contributed by atoms with van der Waals surface area (Å²) in [6.45, 7) is 6.74. The summed E-state index contributed by atoms with van der Waals surface area (Å²) in [4.78, 5) is 14.2. The molecule has 0 bridgehead atoms. The normalized spacial score (nSPS) is 24.7. The van der Waals surface area contributed by atoms with Crippen LogP contribution >= 0.6 is 0 Å². The van der Waals surface area contributed by atoms with Crippen LogP contribution in [0.15, 0.2) is 24.3 Å². The average Bonchev–Trinajstić information content (AvgIpc) is 2.85. The van der Waals surface area contributed by atoms with Gasteiger partial charge in [0.15, 0.2) is 0 Å². The number of ether oxygens (including phenoxy) is 1. The van der Waals surface area contributed by atoms with E-state index < -0.39 is 23.9 Å². The first-order chi connectivity index (χ1) is 10.5. The molecule has 0 saturated carbocycles. The highest BCUT2D eigenvalue weighted by Crippen LogP contribution is 2.16. The molecule has 1 fully saturated rings. The molecule has 22 heavy (non-hydrogen) atoms. The number of rotatable bonds is 6. The van der Waals surface area contributed by atoms with E-state index in [1.807, 2.05) is 13.8 Å². The van der Waals surface area contributed by atoms with E-state index in [0.29, 0.717) is 6.54 Å². The quantitative estimate of drug-likeness (QED) is 0.824. The van der Waals surface area contributed by atoms with Crippen LogP contribution in [0.1, 0.15) is 24.2 Å². The number of carbonyl (C=O) groups is 1. The molecule has 5 nitrogen and oxygen atoms in total. The second kappa shape index (κ2) is 7.67. The van der Waals surface area contributed by atoms with Crippen LogP contribution in [0.4, 0.5) is 4.39 Å². The van der Waals surface area contributed by atoms with Crippen molar-refractivity contribution in [3.63, 3.8) is 0 Å². The van der Waals surface area contributed by atoms with E-state index in [0.717, 1.165) is 13.1 Å². The summed E-state index contributed by atoms with van der Waals surface area (Å²) in [6.07, 6.45) is -1.09. The van der Waals surface area contributed by atoms with Gasteiger partial charge in [-0.2, -0.15) is 0 Å². The van der Waals surface area contributed by atoms with Crippen molar-refractivity contribution < 1.29 is 19.0 Å². The van der Waals surface area contributed by atoms with E-state index in [2.05, 4.69) is 10.2 Å². The number of hydrogen-bond donors (Lipinski definition) is 2. The van der Waals surface area contributed by atoms with Gasteiger partial charge in [-0.3, -0.25) is 4.79 Å². The van der Waals surface area contributed by atoms with Crippen LogP contribution in [-0.2, 0) is 4.74 Å². The minimum Gasteiger partial charge on any atom is -0.388 e. The maximum atomic E-state index is 13.1. The van der Waals surface area contributed by atoms with Crippen molar-refractivity contribution in [3.8, 4) is 0 Å². The number of benzene rings is 1. The van der Waals surface area contributed by atoms with Gasteiger partial charge >= 0.3 is 0 Å². The number of likely N-dealkylation sites (N-methyl/N-ethyl adjacent to an activating group) is 1. The zero-order valence-electron chi connectivity index (χ0n) is 13.0. The van der Waals surface area contributed by atoms with Crippen LogP contribution < -0.4 is 5.32 Å². The molecule has 0 spiro atoms. The lowest BCUT2D eigenvalue weighted by Gasteiger charge is -2.24. The highest BCUT2D eigenvalue weighted by molar-refractivity contribution is 5.94. The van der Waals surface area contributed by atoms with Crippen molar-refractivity contribution in [1.82, 2.24) is 10.2 Å². The average molecular weight is 310 g/mol. The highest BCUT2D eigenvalue weighted by atomic mass is 19.1. The molecule has 0 radical (unpaired) electrons. The molecule has 6 heteroatoms. The zero-order valence-corrected chi connectivity index (χ0v) is 13.0. The fourth-order valence-electron chi connectivity index (χ4n) is 2.59. The lowest BCUT2D eigenvalue weighted by molar-refractivity contribution is 0.0171. The molecular weight excluding hydrogens is 287 g/mol. The lowest BCUT2D eigenvalue weighted by Crippen LogP contribution is -2.46. The maximum Gasteiger partial charge on any atom is 0.251 e. The SMILES string of the molecule is CCN(CC)C[C@@H]1OCC(NC(=O)c2cccc(F)c2)[C@H]1O. The fraction of sp³-hybridized carbons (Fsp3) is 0.562. The molecule has 1 aromatic rings. The highest BCUT2D eigenvalue weighted by Gasteiger charge is 2.37. The maximum absolute atomic E-state index is 13.1. The Labute approximate surface area is 130 Å². The number of nitrogens with one attached hydrogen (secondary N) is 1. The first-order valence-electron chi connectivity index (χ1n) is 7.63. The second-order valence-corrected chi connectivity index (χ2v) is 5.44. The Balaban J connectivity index is 1.93. The summed E-state index contributed by atoms with van der Waals surface area (Å²) in [6, 6.07) is 4.99. The number of aliphatic hydroxyl groups is 1. The van der Waals surface area contributed by atoms with Crippen molar-refractivity contribution >= 4 is 5.91 Å². The van der Waals surface area contributed by atoms with E-state index in [-0.39, 0.29) is 18.3 Å². The molecule has 1 aliphatic rings. The van der Waals surface area contributed by atoms with E-state index in [4.69, 9.17) is 4.74 Å². The zero-order chi connectivity index (χ0) is 16.1. The minimum atomic E-state index is -0.766. The molecule has 1 heterocycles. The molecule has 0 aliphatic carbocycles. The Hall–Kier alpha value is -1.50. The molecule has 1 unspecified atom stereocenters. The van der Waals surface area contributed by atoms with Crippen LogP contribution in [0.25, 0.3) is 0 Å². The summed E-state index contributed by atoms with van der Waals surface area (Å²) in [5.41, 5.74) is 0.236. The third kappa shape index (κ3) is 4.03. The molecule has 1 aliphatic heterocycles. The Morgan fingerprint density at radius 1 is 1.45 bits per heavy atom. The molecule has 2 rings (SSSR count). The second-order valence-electron chi connectivity index (χ2n) is 5.44. The fourth-order valence-corrected chi connectivity index (χ4v) is 2.59. The number of aliphatic hydroxyl groups excluding tert-OH is 1. The first-order valence-corrected chi connectivity index (χ1v) is 7.63. The van der Waals surface area contributed by atoms with Gasteiger partial charge < -0.3 is 20.1 Å². The number of halogens is 1. The number of carbonyl (C=O) groups excluding carboxylic acids is 1. The molecular formula is C16H23FN2O3. The summed E-state index contributed by atoms with van der Waals surface area (Å²) in [5.74, 6) is -0.870. The first kappa shape index (κ1) is 16.9.